The topological polar surface area (TPSA) is 130 Å². The zero-order valence-corrected chi connectivity index (χ0v) is 21.6. The van der Waals surface area contributed by atoms with Crippen molar-refractivity contribution in [3.8, 4) is 28.7 Å². The number of nitrogens with one attached hydrogen (secondary N) is 1. The molecule has 202 valence electrons. The predicted octanol–water partition coefficient (Wildman–Crippen LogP) is 3.71. The highest BCUT2D eigenvalue weighted by atomic mass is 16.5. The first kappa shape index (κ1) is 26.8. The molecule has 0 atom stereocenters. The van der Waals surface area contributed by atoms with Crippen LogP contribution in [0.25, 0.3) is 6.08 Å². The van der Waals surface area contributed by atoms with Gasteiger partial charge in [0.05, 0.1) is 32.8 Å². The van der Waals surface area contributed by atoms with Crippen LogP contribution in [-0.2, 0) is 9.59 Å². The average molecular weight is 526 g/mol. The molecule has 2 aliphatic rings. The van der Waals surface area contributed by atoms with E-state index in [9.17, 15) is 14.4 Å². The van der Waals surface area contributed by atoms with Gasteiger partial charge in [0.25, 0.3) is 5.91 Å². The number of ketones is 1. The average Bonchev–Trinajstić information content (AvgIpc) is 3.24. The zero-order chi connectivity index (χ0) is 27.2. The summed E-state index contributed by atoms with van der Waals surface area (Å²) in [6.07, 6.45) is 4.41. The fourth-order valence-corrected chi connectivity index (χ4v) is 4.66. The largest absolute Gasteiger partial charge is 0.493 e. The van der Waals surface area contributed by atoms with Crippen LogP contribution < -0.4 is 29.0 Å². The minimum absolute atomic E-state index is 0.127. The maximum atomic E-state index is 12.9. The molecule has 0 bridgehead atoms. The van der Waals surface area contributed by atoms with Crippen LogP contribution in [0.1, 0.15) is 41.6 Å². The Morgan fingerprint density at radius 2 is 1.71 bits per heavy atom. The smallest absolute Gasteiger partial charge is 0.306 e. The molecule has 0 aromatic heterocycles. The molecule has 1 amide bonds. The number of Topliss-reactive ketones (excluding diaryl/α,β-unsaturated/α-hetero) is 1. The predicted molar refractivity (Wildman–Crippen MR) is 137 cm³/mol. The van der Waals surface area contributed by atoms with Gasteiger partial charge in [0.15, 0.2) is 23.9 Å². The molecule has 1 heterocycles. The van der Waals surface area contributed by atoms with Crippen LogP contribution >= 0.6 is 0 Å². The number of carbonyl (C=O) groups is 3. The number of hydrogen-bond acceptors (Lipinski definition) is 8. The Balaban J connectivity index is 1.34. The van der Waals surface area contributed by atoms with Crippen molar-refractivity contribution in [1.82, 2.24) is 5.32 Å². The molecule has 1 aliphatic heterocycles. The summed E-state index contributed by atoms with van der Waals surface area (Å²) in [6, 6.07) is 8.20. The molecule has 2 aromatic carbocycles. The molecule has 1 fully saturated rings. The Morgan fingerprint density at radius 3 is 2.32 bits per heavy atom. The lowest BCUT2D eigenvalue weighted by Gasteiger charge is -2.26. The molecular weight excluding hydrogens is 494 g/mol. The molecule has 1 saturated carbocycles. The van der Waals surface area contributed by atoms with Gasteiger partial charge in [0, 0.05) is 12.6 Å². The van der Waals surface area contributed by atoms with E-state index in [2.05, 4.69) is 5.32 Å². The van der Waals surface area contributed by atoms with Crippen LogP contribution in [0.5, 0.6) is 28.7 Å². The molecule has 2 N–H and O–H groups in total. The number of aliphatic carboxylic acids is 1. The summed E-state index contributed by atoms with van der Waals surface area (Å²) in [6.45, 7) is 0.302. The number of fused-ring (bicyclic) bond motifs is 1. The lowest BCUT2D eigenvalue weighted by Crippen LogP contribution is -2.35. The Labute approximate surface area is 220 Å². The summed E-state index contributed by atoms with van der Waals surface area (Å²) in [4.78, 5) is 36.2. The summed E-state index contributed by atoms with van der Waals surface area (Å²) in [7, 11) is 4.53. The van der Waals surface area contributed by atoms with Crippen molar-refractivity contribution in [2.45, 2.75) is 25.7 Å². The molecule has 2 aromatic rings. The van der Waals surface area contributed by atoms with Crippen molar-refractivity contribution in [3.63, 3.8) is 0 Å². The highest BCUT2D eigenvalue weighted by Gasteiger charge is 2.29. The number of allylic oxidation sites excluding steroid dienone is 1. The van der Waals surface area contributed by atoms with Crippen molar-refractivity contribution in [2.75, 3.05) is 34.5 Å². The van der Waals surface area contributed by atoms with Crippen molar-refractivity contribution >= 4 is 23.7 Å². The van der Waals surface area contributed by atoms with Gasteiger partial charge in [0.2, 0.25) is 11.5 Å². The number of methoxy groups -OCH3 is 3. The summed E-state index contributed by atoms with van der Waals surface area (Å²) < 4.78 is 27.5. The summed E-state index contributed by atoms with van der Waals surface area (Å²) in [5.41, 5.74) is 1.01. The van der Waals surface area contributed by atoms with Gasteiger partial charge in [-0.1, -0.05) is 0 Å². The molecular formula is C28H31NO9. The van der Waals surface area contributed by atoms with Gasteiger partial charge >= 0.3 is 5.97 Å². The van der Waals surface area contributed by atoms with Gasteiger partial charge in [-0.15, -0.1) is 0 Å². The number of carboxylic acid groups (broad SMARTS) is 1. The summed E-state index contributed by atoms with van der Waals surface area (Å²) in [5, 5.41) is 12.0. The van der Waals surface area contributed by atoms with Crippen molar-refractivity contribution in [1.29, 1.82) is 0 Å². The van der Waals surface area contributed by atoms with E-state index in [1.807, 2.05) is 0 Å². The second kappa shape index (κ2) is 11.9. The van der Waals surface area contributed by atoms with E-state index in [4.69, 9.17) is 28.8 Å². The van der Waals surface area contributed by atoms with Gasteiger partial charge in [0.1, 0.15) is 11.5 Å². The zero-order valence-electron chi connectivity index (χ0n) is 21.6. The minimum atomic E-state index is -0.746. The van der Waals surface area contributed by atoms with Crippen LogP contribution in [0.3, 0.4) is 0 Å². The number of carboxylic acids is 1. The Morgan fingerprint density at radius 1 is 1.03 bits per heavy atom. The number of carbonyl (C=O) groups excluding carboxylic acids is 2. The Hall–Kier alpha value is -4.21. The molecule has 0 saturated heterocycles. The SMILES string of the molecule is COc1cc(C=C2Oc3cc(OCC(=O)NCC4CCC(C(=O)O)CC4)ccc3C2=O)cc(OC)c1OC. The van der Waals surface area contributed by atoms with Crippen molar-refractivity contribution < 1.29 is 43.2 Å². The third-order valence-corrected chi connectivity index (χ3v) is 6.78. The molecule has 0 unspecified atom stereocenters. The monoisotopic (exact) mass is 525 g/mol. The number of amides is 1. The summed E-state index contributed by atoms with van der Waals surface area (Å²) >= 11 is 0. The second-order valence-electron chi connectivity index (χ2n) is 9.21. The number of rotatable bonds is 10. The van der Waals surface area contributed by atoms with Crippen molar-refractivity contribution in [3.05, 3.63) is 47.2 Å². The maximum absolute atomic E-state index is 12.9. The van der Waals surface area contributed by atoms with Crippen molar-refractivity contribution in [2.24, 2.45) is 11.8 Å². The number of benzene rings is 2. The van der Waals surface area contributed by atoms with Crippen LogP contribution in [0.2, 0.25) is 0 Å². The van der Waals surface area contributed by atoms with E-state index < -0.39 is 5.97 Å². The Bertz CT molecular complexity index is 1220. The van der Waals surface area contributed by atoms with E-state index in [0.717, 1.165) is 12.8 Å². The fourth-order valence-electron chi connectivity index (χ4n) is 4.66. The molecule has 10 nitrogen and oxygen atoms in total. The molecule has 38 heavy (non-hydrogen) atoms. The second-order valence-corrected chi connectivity index (χ2v) is 9.21. The van der Waals surface area contributed by atoms with E-state index in [1.165, 1.54) is 21.3 Å². The lowest BCUT2D eigenvalue weighted by atomic mass is 9.82. The van der Waals surface area contributed by atoms with Gasteiger partial charge < -0.3 is 34.1 Å². The highest BCUT2D eigenvalue weighted by Crippen LogP contribution is 2.40. The van der Waals surface area contributed by atoms with E-state index in [-0.39, 0.29) is 35.9 Å². The summed E-state index contributed by atoms with van der Waals surface area (Å²) in [5.74, 6) is 0.876. The van der Waals surface area contributed by atoms with Crippen LogP contribution in [0.15, 0.2) is 36.1 Å². The molecule has 4 rings (SSSR count). The highest BCUT2D eigenvalue weighted by molar-refractivity contribution is 6.14. The van der Waals surface area contributed by atoms with E-state index in [1.54, 1.807) is 36.4 Å². The Kier molecular flexibility index (Phi) is 8.40. The van der Waals surface area contributed by atoms with Crippen LogP contribution in [-0.4, -0.2) is 57.2 Å². The first-order valence-electron chi connectivity index (χ1n) is 12.3. The molecule has 0 radical (unpaired) electrons. The first-order chi connectivity index (χ1) is 18.3. The third kappa shape index (κ3) is 6.01. The van der Waals surface area contributed by atoms with E-state index >= 15 is 0 Å². The van der Waals surface area contributed by atoms with Gasteiger partial charge in [-0.05, 0) is 67.5 Å². The quantitative estimate of drug-likeness (QED) is 0.446. The third-order valence-electron chi connectivity index (χ3n) is 6.78. The first-order valence-corrected chi connectivity index (χ1v) is 12.3. The van der Waals surface area contributed by atoms with Gasteiger partial charge in [-0.25, -0.2) is 0 Å². The minimum Gasteiger partial charge on any atom is -0.493 e. The van der Waals surface area contributed by atoms with Gasteiger partial charge in [-0.3, -0.25) is 14.4 Å². The number of hydrogen-bond donors (Lipinski definition) is 2. The maximum Gasteiger partial charge on any atom is 0.306 e. The standard InChI is InChI=1S/C28H31NO9/c1-34-23-11-17(12-24(35-2)27(23)36-3)10-22-26(31)20-9-8-19(13-21(20)38-22)37-15-25(30)29-14-16-4-6-18(7-5-16)28(32)33/h8-13,16,18H,4-7,14-15H2,1-3H3,(H,29,30)(H,32,33). The number of ether oxygens (including phenoxy) is 5. The fraction of sp³-hybridized carbons (Fsp3) is 0.393. The molecule has 0 spiro atoms. The lowest BCUT2D eigenvalue weighted by molar-refractivity contribution is -0.143. The van der Waals surface area contributed by atoms with E-state index in [0.29, 0.717) is 59.3 Å². The normalized spacial score (nSPS) is 19.3. The molecule has 10 heteroatoms. The molecule has 1 aliphatic carbocycles. The van der Waals surface area contributed by atoms with Crippen LogP contribution in [0, 0.1) is 11.8 Å². The van der Waals surface area contributed by atoms with Crippen LogP contribution in [0.4, 0.5) is 0 Å². The van der Waals surface area contributed by atoms with Gasteiger partial charge in [-0.2, -0.15) is 0 Å².